The molecule has 4 aromatic heterocycles. The highest BCUT2D eigenvalue weighted by molar-refractivity contribution is 7.26. The molecule has 0 aliphatic heterocycles. The van der Waals surface area contributed by atoms with E-state index in [1.54, 1.807) is 0 Å². The van der Waals surface area contributed by atoms with Crippen LogP contribution in [0, 0.1) is 0 Å². The van der Waals surface area contributed by atoms with E-state index < -0.39 is 0 Å². The Labute approximate surface area is 365 Å². The zero-order chi connectivity index (χ0) is 41.4. The molecule has 0 radical (unpaired) electrons. The molecule has 0 N–H and O–H groups in total. The second-order valence-electron chi connectivity index (χ2n) is 15.9. The third-order valence-electron chi connectivity index (χ3n) is 12.3. The van der Waals surface area contributed by atoms with Crippen LogP contribution in [0.2, 0.25) is 0 Å². The van der Waals surface area contributed by atoms with Crippen molar-refractivity contribution in [1.29, 1.82) is 0 Å². The summed E-state index contributed by atoms with van der Waals surface area (Å²) < 4.78 is 11.1. The Kier molecular flexibility index (Phi) is 8.01. The quantitative estimate of drug-likeness (QED) is 0.168. The van der Waals surface area contributed by atoms with Crippen LogP contribution in [0.15, 0.2) is 211 Å². The Morgan fingerprint density at radius 1 is 0.365 bits per heavy atom. The molecule has 0 spiro atoms. The number of rotatable bonds is 6. The van der Waals surface area contributed by atoms with Crippen molar-refractivity contribution in [2.24, 2.45) is 0 Å². The normalized spacial score (nSPS) is 11.8. The van der Waals surface area contributed by atoms with Crippen molar-refractivity contribution in [2.75, 3.05) is 0 Å². The molecule has 0 amide bonds. The van der Waals surface area contributed by atoms with E-state index in [9.17, 15) is 0 Å². The average Bonchev–Trinajstić information content (AvgIpc) is 4.03. The van der Waals surface area contributed by atoms with Crippen molar-refractivity contribution in [3.05, 3.63) is 206 Å². The molecule has 0 unspecified atom stereocenters. The van der Waals surface area contributed by atoms with Crippen LogP contribution in [-0.2, 0) is 0 Å². The number of aromatic nitrogens is 4. The van der Waals surface area contributed by atoms with Crippen LogP contribution in [0.4, 0.5) is 0 Å². The standard InChI is InChI=1S/C57H34N4OS/c1-4-14-35(15-5-1)53-41(37-26-31-49-47(32-37)42-20-10-12-22-48(42)61(49)40-18-8-3-9-19-40)29-30-46-45-28-25-39(34-52(45)63-54(46)53)57-59-55(36-16-6-2-7-17-36)58-56(60-57)38-24-27-44-43-21-11-13-23-50(43)62-51(44)33-38/h1-34H. The Bertz CT molecular complexity index is 3910. The molecule has 0 atom stereocenters. The third-order valence-corrected chi connectivity index (χ3v) is 13.5. The summed E-state index contributed by atoms with van der Waals surface area (Å²) in [5.74, 6) is 1.84. The molecule has 4 heterocycles. The predicted molar refractivity (Wildman–Crippen MR) is 262 cm³/mol. The molecular weight excluding hydrogens is 789 g/mol. The first-order chi connectivity index (χ1) is 31.2. The van der Waals surface area contributed by atoms with Crippen LogP contribution >= 0.6 is 11.3 Å². The fraction of sp³-hybridized carbons (Fsp3) is 0. The lowest BCUT2D eigenvalue weighted by molar-refractivity contribution is 0.669. The van der Waals surface area contributed by atoms with Gasteiger partial charge in [-0.2, -0.15) is 0 Å². The largest absolute Gasteiger partial charge is 0.456 e. The number of nitrogens with zero attached hydrogens (tertiary/aromatic N) is 4. The highest BCUT2D eigenvalue weighted by Crippen LogP contribution is 2.47. The number of furan rings is 1. The second kappa shape index (κ2) is 14.2. The van der Waals surface area contributed by atoms with Gasteiger partial charge in [0.15, 0.2) is 17.5 Å². The second-order valence-corrected chi connectivity index (χ2v) is 17.0. The Hall–Kier alpha value is -8.19. The van der Waals surface area contributed by atoms with Crippen LogP contribution in [-0.4, -0.2) is 19.5 Å². The minimum absolute atomic E-state index is 0.595. The molecule has 13 rings (SSSR count). The van der Waals surface area contributed by atoms with Gasteiger partial charge < -0.3 is 8.98 Å². The summed E-state index contributed by atoms with van der Waals surface area (Å²) in [5.41, 5.74) is 12.7. The number of para-hydroxylation sites is 3. The lowest BCUT2D eigenvalue weighted by Gasteiger charge is -2.13. The zero-order valence-corrected chi connectivity index (χ0v) is 34.6. The minimum atomic E-state index is 0.595. The molecule has 0 saturated carbocycles. The first kappa shape index (κ1) is 35.6. The average molecular weight is 823 g/mol. The van der Waals surface area contributed by atoms with E-state index in [-0.39, 0.29) is 0 Å². The van der Waals surface area contributed by atoms with Gasteiger partial charge in [-0.15, -0.1) is 11.3 Å². The number of fused-ring (bicyclic) bond motifs is 9. The fourth-order valence-corrected chi connectivity index (χ4v) is 10.6. The van der Waals surface area contributed by atoms with E-state index in [2.05, 4.69) is 156 Å². The van der Waals surface area contributed by atoms with Gasteiger partial charge in [0.1, 0.15) is 11.2 Å². The van der Waals surface area contributed by atoms with Gasteiger partial charge in [0.2, 0.25) is 0 Å². The summed E-state index contributed by atoms with van der Waals surface area (Å²) in [4.78, 5) is 15.3. The molecule has 5 nitrogen and oxygen atoms in total. The van der Waals surface area contributed by atoms with Crippen LogP contribution in [0.5, 0.6) is 0 Å². The van der Waals surface area contributed by atoms with E-state index in [0.29, 0.717) is 17.5 Å². The third kappa shape index (κ3) is 5.80. The van der Waals surface area contributed by atoms with E-state index in [4.69, 9.17) is 19.4 Å². The Morgan fingerprint density at radius 3 is 1.71 bits per heavy atom. The first-order valence-electron chi connectivity index (χ1n) is 21.1. The smallest absolute Gasteiger partial charge is 0.164 e. The summed E-state index contributed by atoms with van der Waals surface area (Å²) in [5, 5.41) is 7.06. The van der Waals surface area contributed by atoms with Gasteiger partial charge in [-0.05, 0) is 71.3 Å². The van der Waals surface area contributed by atoms with Crippen molar-refractivity contribution in [3.8, 4) is 62.1 Å². The molecule has 13 aromatic rings. The molecule has 0 aliphatic carbocycles. The molecule has 63 heavy (non-hydrogen) atoms. The van der Waals surface area contributed by atoms with Crippen LogP contribution in [0.1, 0.15) is 0 Å². The van der Waals surface area contributed by atoms with E-state index in [1.807, 2.05) is 65.9 Å². The number of hydrogen-bond donors (Lipinski definition) is 0. The Balaban J connectivity index is 0.977. The molecule has 0 bridgehead atoms. The highest BCUT2D eigenvalue weighted by Gasteiger charge is 2.20. The fourth-order valence-electron chi connectivity index (χ4n) is 9.32. The van der Waals surface area contributed by atoms with E-state index >= 15 is 0 Å². The maximum Gasteiger partial charge on any atom is 0.164 e. The van der Waals surface area contributed by atoms with Crippen molar-refractivity contribution in [2.45, 2.75) is 0 Å². The minimum Gasteiger partial charge on any atom is -0.456 e. The summed E-state index contributed by atoms with van der Waals surface area (Å²) in [7, 11) is 0. The lowest BCUT2D eigenvalue weighted by atomic mass is 9.92. The van der Waals surface area contributed by atoms with Gasteiger partial charge in [-0.25, -0.2) is 15.0 Å². The maximum absolute atomic E-state index is 6.28. The highest BCUT2D eigenvalue weighted by atomic mass is 32.1. The lowest BCUT2D eigenvalue weighted by Crippen LogP contribution is -2.00. The number of hydrogen-bond acceptors (Lipinski definition) is 5. The van der Waals surface area contributed by atoms with Gasteiger partial charge in [0.25, 0.3) is 0 Å². The predicted octanol–water partition coefficient (Wildman–Crippen LogP) is 15.6. The van der Waals surface area contributed by atoms with Gasteiger partial charge in [-0.1, -0.05) is 152 Å². The molecule has 9 aromatic carbocycles. The monoisotopic (exact) mass is 822 g/mol. The first-order valence-corrected chi connectivity index (χ1v) is 21.9. The van der Waals surface area contributed by atoms with E-state index in [0.717, 1.165) is 44.3 Å². The summed E-state index contributed by atoms with van der Waals surface area (Å²) >= 11 is 1.83. The van der Waals surface area contributed by atoms with Gasteiger partial charge >= 0.3 is 0 Å². The summed E-state index contributed by atoms with van der Waals surface area (Å²) in [6.45, 7) is 0. The summed E-state index contributed by atoms with van der Waals surface area (Å²) in [6.07, 6.45) is 0. The topological polar surface area (TPSA) is 56.7 Å². The molecule has 6 heteroatoms. The van der Waals surface area contributed by atoms with Gasteiger partial charge in [0, 0.05) is 69.7 Å². The van der Waals surface area contributed by atoms with E-state index in [1.165, 1.54) is 64.2 Å². The van der Waals surface area contributed by atoms with Crippen molar-refractivity contribution < 1.29 is 4.42 Å². The summed E-state index contributed by atoms with van der Waals surface area (Å²) in [6, 6.07) is 72.9. The van der Waals surface area contributed by atoms with Gasteiger partial charge in [-0.3, -0.25) is 0 Å². The van der Waals surface area contributed by atoms with Gasteiger partial charge in [0.05, 0.1) is 11.0 Å². The molecule has 294 valence electrons. The SMILES string of the molecule is c1ccc(-c2nc(-c3ccc4c(c3)oc3ccccc34)nc(-c3ccc4c(c3)sc3c(-c5ccccc5)c(-c5ccc6c(c5)c5ccccc5n6-c5ccccc5)ccc34)n2)cc1. The zero-order valence-electron chi connectivity index (χ0n) is 33.7. The number of benzene rings is 9. The molecule has 0 fully saturated rings. The van der Waals surface area contributed by atoms with Crippen molar-refractivity contribution in [3.63, 3.8) is 0 Å². The van der Waals surface area contributed by atoms with Crippen molar-refractivity contribution >= 4 is 75.3 Å². The Morgan fingerprint density at radius 2 is 0.937 bits per heavy atom. The van der Waals surface area contributed by atoms with Crippen LogP contribution in [0.25, 0.3) is 126 Å². The molecular formula is C57H34N4OS. The molecule has 0 saturated heterocycles. The molecule has 0 aliphatic rings. The van der Waals surface area contributed by atoms with Crippen LogP contribution < -0.4 is 0 Å². The van der Waals surface area contributed by atoms with Crippen LogP contribution in [0.3, 0.4) is 0 Å². The van der Waals surface area contributed by atoms with Crippen molar-refractivity contribution in [1.82, 2.24) is 19.5 Å². The maximum atomic E-state index is 6.28. The number of thiophene rings is 1.